The fraction of sp³-hybridized carbons (Fsp3) is 0.800. The number of unbranched alkanes of at least 4 members (excludes halogenated alkanes) is 3. The van der Waals surface area contributed by atoms with E-state index in [1.54, 1.807) is 0 Å². The third kappa shape index (κ3) is 6.72. The number of halogens is 3. The number of rotatable bonds is 12. The van der Waals surface area contributed by atoms with E-state index in [9.17, 15) is 14.4 Å². The molecule has 1 aromatic rings. The molecule has 24 heavy (non-hydrogen) atoms. The van der Waals surface area contributed by atoms with Crippen LogP contribution in [0.1, 0.15) is 38.5 Å². The summed E-state index contributed by atoms with van der Waals surface area (Å²) in [6, 6.07) is 0. The van der Waals surface area contributed by atoms with Crippen LogP contribution >= 0.6 is 67.8 Å². The molecule has 0 atom stereocenters. The molecule has 0 aliphatic heterocycles. The summed E-state index contributed by atoms with van der Waals surface area (Å²) in [7, 11) is 0. The number of aromatic nitrogens is 3. The van der Waals surface area contributed by atoms with Gasteiger partial charge in [0.2, 0.25) is 0 Å². The highest BCUT2D eigenvalue weighted by molar-refractivity contribution is 14.1. The summed E-state index contributed by atoms with van der Waals surface area (Å²) in [5.74, 6) is 0. The summed E-state index contributed by atoms with van der Waals surface area (Å²) < 4.78 is 6.73. The van der Waals surface area contributed by atoms with E-state index in [2.05, 4.69) is 67.8 Å². The zero-order chi connectivity index (χ0) is 17.9. The van der Waals surface area contributed by atoms with Crippen molar-refractivity contribution in [2.45, 2.75) is 58.2 Å². The summed E-state index contributed by atoms with van der Waals surface area (Å²) in [5, 5.41) is 0. The van der Waals surface area contributed by atoms with Crippen LogP contribution in [0.3, 0.4) is 0 Å². The normalized spacial score (nSPS) is 11.1. The summed E-state index contributed by atoms with van der Waals surface area (Å²) >= 11 is 6.85. The van der Waals surface area contributed by atoms with Gasteiger partial charge in [0.15, 0.2) is 0 Å². The Kier molecular flexibility index (Phi) is 12.1. The van der Waals surface area contributed by atoms with Crippen LogP contribution in [0.25, 0.3) is 0 Å². The van der Waals surface area contributed by atoms with Crippen molar-refractivity contribution < 1.29 is 0 Å². The van der Waals surface area contributed by atoms with Gasteiger partial charge in [-0.2, -0.15) is 0 Å². The average Bonchev–Trinajstić information content (AvgIpc) is 2.57. The van der Waals surface area contributed by atoms with Gasteiger partial charge in [0.25, 0.3) is 0 Å². The maximum Gasteiger partial charge on any atom is 0.336 e. The zero-order valence-electron chi connectivity index (χ0n) is 13.7. The first-order valence-electron chi connectivity index (χ1n) is 8.20. The third-order valence-electron chi connectivity index (χ3n) is 3.68. The lowest BCUT2D eigenvalue weighted by molar-refractivity contribution is 0.425. The lowest BCUT2D eigenvalue weighted by Gasteiger charge is -2.13. The third-order valence-corrected chi connectivity index (χ3v) is 5.97. The van der Waals surface area contributed by atoms with Crippen molar-refractivity contribution in [2.75, 3.05) is 13.3 Å². The van der Waals surface area contributed by atoms with Crippen molar-refractivity contribution in [3.05, 3.63) is 31.5 Å². The largest absolute Gasteiger partial charge is 0.336 e. The van der Waals surface area contributed by atoms with Crippen molar-refractivity contribution in [1.29, 1.82) is 0 Å². The van der Waals surface area contributed by atoms with Crippen LogP contribution < -0.4 is 17.1 Å². The lowest BCUT2D eigenvalue weighted by Crippen LogP contribution is -2.54. The van der Waals surface area contributed by atoms with Crippen LogP contribution in [-0.2, 0) is 19.6 Å². The van der Waals surface area contributed by atoms with Crippen molar-refractivity contribution in [2.24, 2.45) is 0 Å². The van der Waals surface area contributed by atoms with Crippen molar-refractivity contribution in [1.82, 2.24) is 13.7 Å². The second-order valence-corrected chi connectivity index (χ2v) is 8.73. The summed E-state index contributed by atoms with van der Waals surface area (Å²) in [6.45, 7) is 1.17. The Labute approximate surface area is 182 Å². The molecule has 0 N–H and O–H groups in total. The lowest BCUT2D eigenvalue weighted by atomic mass is 10.3. The smallest absolute Gasteiger partial charge is 0.247 e. The molecule has 9 heteroatoms. The quantitative estimate of drug-likeness (QED) is 0.195. The first kappa shape index (κ1) is 22.6. The molecule has 0 radical (unpaired) electrons. The zero-order valence-corrected chi connectivity index (χ0v) is 20.2. The Bertz CT molecular complexity index is 546. The highest BCUT2D eigenvalue weighted by Gasteiger charge is 2.14. The van der Waals surface area contributed by atoms with Gasteiger partial charge in [0, 0.05) is 19.6 Å². The molecule has 0 saturated carbocycles. The van der Waals surface area contributed by atoms with E-state index in [0.29, 0.717) is 19.6 Å². The Morgan fingerprint density at radius 1 is 0.500 bits per heavy atom. The molecule has 0 aliphatic carbocycles. The molecule has 0 spiro atoms. The van der Waals surface area contributed by atoms with Crippen molar-refractivity contribution >= 4 is 67.8 Å². The molecule has 1 aromatic heterocycles. The second-order valence-electron chi connectivity index (χ2n) is 5.49. The van der Waals surface area contributed by atoms with Gasteiger partial charge in [-0.3, -0.25) is 0 Å². The first-order valence-corrected chi connectivity index (χ1v) is 12.8. The molecule has 1 rings (SSSR count). The number of hydrogen-bond donors (Lipinski definition) is 0. The van der Waals surface area contributed by atoms with E-state index in [0.717, 1.165) is 51.8 Å². The SMILES string of the molecule is O=c1n(CCCCI)c(=O)n(CCCCI)c(=O)n1CCCCI. The molecular formula is C15H24I3N3O3. The first-order chi connectivity index (χ1) is 11.6. The fourth-order valence-electron chi connectivity index (χ4n) is 2.35. The van der Waals surface area contributed by atoms with Crippen LogP contribution in [0.4, 0.5) is 0 Å². The molecule has 6 nitrogen and oxygen atoms in total. The molecule has 0 amide bonds. The van der Waals surface area contributed by atoms with E-state index >= 15 is 0 Å². The maximum atomic E-state index is 12.6. The van der Waals surface area contributed by atoms with E-state index in [1.807, 2.05) is 0 Å². The molecule has 0 unspecified atom stereocenters. The van der Waals surface area contributed by atoms with Crippen LogP contribution in [0.2, 0.25) is 0 Å². The molecule has 0 bridgehead atoms. The van der Waals surface area contributed by atoms with Gasteiger partial charge >= 0.3 is 17.1 Å². The van der Waals surface area contributed by atoms with Gasteiger partial charge in [-0.15, -0.1) is 0 Å². The Morgan fingerprint density at radius 3 is 0.958 bits per heavy atom. The van der Waals surface area contributed by atoms with Gasteiger partial charge in [0.05, 0.1) is 0 Å². The highest BCUT2D eigenvalue weighted by Crippen LogP contribution is 1.98. The maximum absolute atomic E-state index is 12.6. The van der Waals surface area contributed by atoms with Gasteiger partial charge in [-0.25, -0.2) is 28.1 Å². The molecule has 138 valence electrons. The summed E-state index contributed by atoms with van der Waals surface area (Å²) in [4.78, 5) is 37.8. The minimum atomic E-state index is -0.447. The van der Waals surface area contributed by atoms with E-state index in [1.165, 1.54) is 13.7 Å². The van der Waals surface area contributed by atoms with E-state index < -0.39 is 17.1 Å². The Balaban J connectivity index is 3.22. The molecule has 0 aromatic carbocycles. The summed E-state index contributed by atoms with van der Waals surface area (Å²) in [5.41, 5.74) is -1.34. The van der Waals surface area contributed by atoms with Gasteiger partial charge < -0.3 is 0 Å². The van der Waals surface area contributed by atoms with Crippen LogP contribution in [-0.4, -0.2) is 27.0 Å². The standard InChI is InChI=1S/C15H24I3N3O3/c16-7-1-4-10-19-13(22)20(11-5-2-8-17)15(24)21(14(19)23)12-6-3-9-18/h1-12H2. The topological polar surface area (TPSA) is 66.0 Å². The predicted molar refractivity (Wildman–Crippen MR) is 124 cm³/mol. The van der Waals surface area contributed by atoms with Crippen LogP contribution in [0.15, 0.2) is 14.4 Å². The van der Waals surface area contributed by atoms with Crippen LogP contribution in [0.5, 0.6) is 0 Å². The average molecular weight is 675 g/mol. The predicted octanol–water partition coefficient (Wildman–Crippen LogP) is 2.82. The molecule has 0 aliphatic rings. The van der Waals surface area contributed by atoms with E-state index in [4.69, 9.17) is 0 Å². The van der Waals surface area contributed by atoms with Gasteiger partial charge in [-0.05, 0) is 51.8 Å². The molecule has 0 saturated heterocycles. The molecule has 0 fully saturated rings. The minimum Gasteiger partial charge on any atom is -0.247 e. The second kappa shape index (κ2) is 12.9. The van der Waals surface area contributed by atoms with E-state index in [-0.39, 0.29) is 0 Å². The van der Waals surface area contributed by atoms with Gasteiger partial charge in [0.1, 0.15) is 0 Å². The van der Waals surface area contributed by atoms with Gasteiger partial charge in [-0.1, -0.05) is 67.8 Å². The highest BCUT2D eigenvalue weighted by atomic mass is 127. The van der Waals surface area contributed by atoms with Crippen LogP contribution in [0, 0.1) is 0 Å². The fourth-order valence-corrected chi connectivity index (χ4v) is 3.97. The van der Waals surface area contributed by atoms with Crippen molar-refractivity contribution in [3.8, 4) is 0 Å². The minimum absolute atomic E-state index is 0.388. The molecule has 1 heterocycles. The Hall–Kier alpha value is 0.600. The number of hydrogen-bond acceptors (Lipinski definition) is 3. The Morgan fingerprint density at radius 2 is 0.750 bits per heavy atom. The molecular weight excluding hydrogens is 651 g/mol. The van der Waals surface area contributed by atoms with Crippen molar-refractivity contribution in [3.63, 3.8) is 0 Å². The number of alkyl halides is 3. The number of nitrogens with zero attached hydrogens (tertiary/aromatic N) is 3. The monoisotopic (exact) mass is 675 g/mol. The summed E-state index contributed by atoms with van der Waals surface area (Å²) in [6.07, 6.45) is 5.19.